The molecule has 1 aromatic carbocycles. The second kappa shape index (κ2) is 7.85. The van der Waals surface area contributed by atoms with Gasteiger partial charge >= 0.3 is 0 Å². The van der Waals surface area contributed by atoms with Gasteiger partial charge in [-0.15, -0.1) is 0 Å². The van der Waals surface area contributed by atoms with Crippen LogP contribution in [0.3, 0.4) is 0 Å². The lowest BCUT2D eigenvalue weighted by atomic mass is 10.1. The third-order valence-electron chi connectivity index (χ3n) is 4.26. The first-order valence-corrected chi connectivity index (χ1v) is 10.3. The zero-order valence-corrected chi connectivity index (χ0v) is 16.1. The van der Waals surface area contributed by atoms with Crippen LogP contribution < -0.4 is 5.32 Å². The molecule has 0 saturated heterocycles. The molecule has 0 atom stereocenters. The topological polar surface area (TPSA) is 62.3 Å². The van der Waals surface area contributed by atoms with Crippen LogP contribution in [-0.4, -0.2) is 28.2 Å². The zero-order chi connectivity index (χ0) is 18.6. The van der Waals surface area contributed by atoms with Gasteiger partial charge in [0.05, 0.1) is 17.8 Å². The first-order chi connectivity index (χ1) is 13.2. The van der Waals surface area contributed by atoms with Crippen molar-refractivity contribution in [2.75, 3.05) is 11.9 Å². The van der Waals surface area contributed by atoms with Gasteiger partial charge in [0.25, 0.3) is 5.91 Å². The van der Waals surface area contributed by atoms with Crippen LogP contribution in [-0.2, 0) is 17.8 Å². The standard InChI is InChI=1S/C20H17N3O2S2/c24-18(7-6-14-4-2-1-3-5-14)23-10-8-16-17(12-23)27-20(21-16)22-19(25)15-9-11-26-13-15/h1-7,9,11,13H,8,10,12H2,(H,21,22,25)/b7-6+. The Morgan fingerprint density at radius 2 is 2.04 bits per heavy atom. The molecule has 0 spiro atoms. The fourth-order valence-corrected chi connectivity index (χ4v) is 4.49. The van der Waals surface area contributed by atoms with E-state index >= 15 is 0 Å². The van der Waals surface area contributed by atoms with E-state index in [1.165, 1.54) is 22.7 Å². The van der Waals surface area contributed by atoms with Crippen molar-refractivity contribution in [2.24, 2.45) is 0 Å². The van der Waals surface area contributed by atoms with Crippen LogP contribution in [0.15, 0.2) is 53.2 Å². The molecule has 2 amide bonds. The number of benzene rings is 1. The van der Waals surface area contributed by atoms with Crippen LogP contribution in [0.5, 0.6) is 0 Å². The van der Waals surface area contributed by atoms with E-state index in [1.807, 2.05) is 52.1 Å². The molecule has 0 radical (unpaired) electrons. The Kier molecular flexibility index (Phi) is 5.13. The number of nitrogens with zero attached hydrogens (tertiary/aromatic N) is 2. The third kappa shape index (κ3) is 4.15. The van der Waals surface area contributed by atoms with Crippen LogP contribution in [0.2, 0.25) is 0 Å². The number of nitrogens with one attached hydrogen (secondary N) is 1. The third-order valence-corrected chi connectivity index (χ3v) is 5.95. The molecule has 3 heterocycles. The fourth-order valence-electron chi connectivity index (χ4n) is 2.84. The quantitative estimate of drug-likeness (QED) is 0.678. The van der Waals surface area contributed by atoms with Crippen molar-refractivity contribution < 1.29 is 9.59 Å². The second-order valence-electron chi connectivity index (χ2n) is 6.11. The molecule has 3 aromatic rings. The molecule has 0 saturated carbocycles. The van der Waals surface area contributed by atoms with E-state index in [1.54, 1.807) is 12.1 Å². The average Bonchev–Trinajstić information content (AvgIpc) is 3.35. The van der Waals surface area contributed by atoms with Crippen LogP contribution in [0.25, 0.3) is 6.08 Å². The van der Waals surface area contributed by atoms with Gasteiger partial charge in [0.2, 0.25) is 5.91 Å². The Bertz CT molecular complexity index is 978. The van der Waals surface area contributed by atoms with Gasteiger partial charge in [0.1, 0.15) is 0 Å². The number of amides is 2. The molecule has 0 aliphatic carbocycles. The molecule has 5 nitrogen and oxygen atoms in total. The molecule has 7 heteroatoms. The van der Waals surface area contributed by atoms with Crippen LogP contribution in [0.4, 0.5) is 5.13 Å². The van der Waals surface area contributed by atoms with Crippen molar-refractivity contribution in [3.63, 3.8) is 0 Å². The van der Waals surface area contributed by atoms with Gasteiger partial charge in [0, 0.05) is 29.3 Å². The predicted molar refractivity (Wildman–Crippen MR) is 109 cm³/mol. The number of rotatable bonds is 4. The first-order valence-electron chi connectivity index (χ1n) is 8.53. The zero-order valence-electron chi connectivity index (χ0n) is 14.4. The molecule has 0 fully saturated rings. The Labute approximate surface area is 165 Å². The summed E-state index contributed by atoms with van der Waals surface area (Å²) in [4.78, 5) is 32.0. The molecular weight excluding hydrogens is 378 g/mol. The number of carbonyl (C=O) groups is 2. The van der Waals surface area contributed by atoms with Gasteiger partial charge in [-0.3, -0.25) is 14.9 Å². The average molecular weight is 396 g/mol. The number of aromatic nitrogens is 1. The minimum Gasteiger partial charge on any atom is -0.334 e. The first kappa shape index (κ1) is 17.6. The van der Waals surface area contributed by atoms with E-state index in [2.05, 4.69) is 10.3 Å². The van der Waals surface area contributed by atoms with Crippen LogP contribution in [0, 0.1) is 0 Å². The molecule has 1 aliphatic heterocycles. The van der Waals surface area contributed by atoms with Gasteiger partial charge in [0.15, 0.2) is 5.13 Å². The van der Waals surface area contributed by atoms with E-state index in [4.69, 9.17) is 0 Å². The van der Waals surface area contributed by atoms with E-state index in [-0.39, 0.29) is 11.8 Å². The Hall–Kier alpha value is -2.77. The fraction of sp³-hybridized carbons (Fsp3) is 0.150. The summed E-state index contributed by atoms with van der Waals surface area (Å²) in [5.74, 6) is -0.164. The highest BCUT2D eigenvalue weighted by atomic mass is 32.1. The van der Waals surface area contributed by atoms with Gasteiger partial charge in [-0.1, -0.05) is 41.7 Å². The van der Waals surface area contributed by atoms with Gasteiger partial charge in [-0.2, -0.15) is 11.3 Å². The molecule has 1 aliphatic rings. The summed E-state index contributed by atoms with van der Waals surface area (Å²) in [5.41, 5.74) is 2.60. The van der Waals surface area contributed by atoms with Gasteiger partial charge in [-0.25, -0.2) is 4.98 Å². The smallest absolute Gasteiger partial charge is 0.258 e. The van der Waals surface area contributed by atoms with Crippen molar-refractivity contribution in [3.05, 3.63) is 74.9 Å². The maximum absolute atomic E-state index is 12.5. The van der Waals surface area contributed by atoms with Crippen LogP contribution >= 0.6 is 22.7 Å². The number of fused-ring (bicyclic) bond motifs is 1. The number of anilines is 1. The number of thiophene rings is 1. The molecule has 4 rings (SSSR count). The lowest BCUT2D eigenvalue weighted by Gasteiger charge is -2.24. The summed E-state index contributed by atoms with van der Waals surface area (Å²) in [6.45, 7) is 1.16. The van der Waals surface area contributed by atoms with E-state index in [0.717, 1.165) is 16.1 Å². The highest BCUT2D eigenvalue weighted by Crippen LogP contribution is 2.29. The predicted octanol–water partition coefficient (Wildman–Crippen LogP) is 4.06. The molecule has 27 heavy (non-hydrogen) atoms. The summed E-state index contributed by atoms with van der Waals surface area (Å²) >= 11 is 2.92. The molecule has 2 aromatic heterocycles. The maximum Gasteiger partial charge on any atom is 0.258 e. The monoisotopic (exact) mass is 395 g/mol. The normalized spacial score (nSPS) is 13.6. The number of carbonyl (C=O) groups excluding carboxylic acids is 2. The summed E-state index contributed by atoms with van der Waals surface area (Å²) in [7, 11) is 0. The lowest BCUT2D eigenvalue weighted by Crippen LogP contribution is -2.34. The van der Waals surface area contributed by atoms with Crippen LogP contribution in [0.1, 0.15) is 26.5 Å². The minimum absolute atomic E-state index is 0.0123. The molecule has 1 N–H and O–H groups in total. The van der Waals surface area contributed by atoms with Gasteiger partial charge in [-0.05, 0) is 23.1 Å². The van der Waals surface area contributed by atoms with Gasteiger partial charge < -0.3 is 4.90 Å². The summed E-state index contributed by atoms with van der Waals surface area (Å²) in [6, 6.07) is 11.5. The maximum atomic E-state index is 12.5. The number of hydrogen-bond donors (Lipinski definition) is 1. The highest BCUT2D eigenvalue weighted by Gasteiger charge is 2.23. The lowest BCUT2D eigenvalue weighted by molar-refractivity contribution is -0.126. The minimum atomic E-state index is -0.152. The summed E-state index contributed by atoms with van der Waals surface area (Å²) in [6.07, 6.45) is 4.14. The SMILES string of the molecule is O=C(Nc1nc2c(s1)CN(C(=O)/C=C/c1ccccc1)CC2)c1ccsc1. The Balaban J connectivity index is 1.41. The van der Waals surface area contributed by atoms with Crippen molar-refractivity contribution in [1.82, 2.24) is 9.88 Å². The molecule has 136 valence electrons. The largest absolute Gasteiger partial charge is 0.334 e. The molecule has 0 unspecified atom stereocenters. The van der Waals surface area contributed by atoms with Crippen molar-refractivity contribution >= 4 is 45.7 Å². The number of hydrogen-bond acceptors (Lipinski definition) is 5. The number of thiazole rings is 1. The summed E-state index contributed by atoms with van der Waals surface area (Å²) < 4.78 is 0. The summed E-state index contributed by atoms with van der Waals surface area (Å²) in [5, 5.41) is 7.12. The second-order valence-corrected chi connectivity index (χ2v) is 7.97. The van der Waals surface area contributed by atoms with Crippen molar-refractivity contribution in [2.45, 2.75) is 13.0 Å². The van der Waals surface area contributed by atoms with Crippen molar-refractivity contribution in [1.29, 1.82) is 0 Å². The Morgan fingerprint density at radius 3 is 2.81 bits per heavy atom. The van der Waals surface area contributed by atoms with E-state index < -0.39 is 0 Å². The Morgan fingerprint density at radius 1 is 1.19 bits per heavy atom. The molecular formula is C20H17N3O2S2. The van der Waals surface area contributed by atoms with Crippen molar-refractivity contribution in [3.8, 4) is 0 Å². The highest BCUT2D eigenvalue weighted by molar-refractivity contribution is 7.16. The van der Waals surface area contributed by atoms with E-state index in [0.29, 0.717) is 30.2 Å². The molecule has 0 bridgehead atoms. The van der Waals surface area contributed by atoms with E-state index in [9.17, 15) is 9.59 Å².